The Hall–Kier alpha value is -2.55. The van der Waals surface area contributed by atoms with Crippen LogP contribution in [0.5, 0.6) is 0 Å². The number of amides is 2. The Bertz CT molecular complexity index is 812. The second-order valence-electron chi connectivity index (χ2n) is 5.69. The molecule has 2 aromatic rings. The number of carbonyl (C=O) groups excluding carboxylic acids is 2. The zero-order valence-electron chi connectivity index (χ0n) is 13.5. The smallest absolute Gasteiger partial charge is 0.272 e. The molecule has 1 saturated heterocycles. The van der Waals surface area contributed by atoms with Crippen molar-refractivity contribution in [1.82, 2.24) is 9.99 Å². The first-order valence-corrected chi connectivity index (χ1v) is 8.55. The van der Waals surface area contributed by atoms with Gasteiger partial charge in [0.2, 0.25) is 0 Å². The first-order chi connectivity index (χ1) is 12.3. The maximum absolute atomic E-state index is 12.6. The average Bonchev–Trinajstić information content (AvgIpc) is 2.80. The predicted molar refractivity (Wildman–Crippen MR) is 90.0 cm³/mol. The Morgan fingerprint density at radius 3 is 2.35 bits per heavy atom. The number of pyridine rings is 1. The van der Waals surface area contributed by atoms with E-state index in [2.05, 4.69) is 10.4 Å². The van der Waals surface area contributed by atoms with E-state index in [1.807, 2.05) is 30.3 Å². The summed E-state index contributed by atoms with van der Waals surface area (Å²) in [4.78, 5) is 29.4. The van der Waals surface area contributed by atoms with Crippen molar-refractivity contribution in [2.75, 3.05) is 5.43 Å². The molecule has 0 aliphatic carbocycles. The number of nitrogens with one attached hydrogen (secondary N) is 1. The third kappa shape index (κ3) is 3.67. The fourth-order valence-corrected chi connectivity index (χ4v) is 3.57. The number of hydrazine groups is 1. The van der Waals surface area contributed by atoms with Gasteiger partial charge >= 0.3 is 6.18 Å². The number of nitrogens with zero attached hydrogens (tertiary/aromatic N) is 2. The van der Waals surface area contributed by atoms with E-state index in [1.165, 1.54) is 11.8 Å². The SMILES string of the molecule is CC1C(=O)N(Nc2ccc(C(F)(F)F)cn2)C(=O)C1Sc1ccccc1. The van der Waals surface area contributed by atoms with Crippen LogP contribution < -0.4 is 5.43 Å². The molecule has 5 nitrogen and oxygen atoms in total. The van der Waals surface area contributed by atoms with Crippen molar-refractivity contribution in [2.24, 2.45) is 5.92 Å². The van der Waals surface area contributed by atoms with E-state index < -0.39 is 34.7 Å². The third-order valence-corrected chi connectivity index (χ3v) is 5.26. The van der Waals surface area contributed by atoms with E-state index in [0.717, 1.165) is 22.0 Å². The van der Waals surface area contributed by atoms with Gasteiger partial charge < -0.3 is 0 Å². The summed E-state index contributed by atoms with van der Waals surface area (Å²) in [6.07, 6.45) is -3.86. The van der Waals surface area contributed by atoms with E-state index in [-0.39, 0.29) is 5.82 Å². The van der Waals surface area contributed by atoms with Crippen molar-refractivity contribution in [1.29, 1.82) is 0 Å². The topological polar surface area (TPSA) is 62.3 Å². The van der Waals surface area contributed by atoms with Gasteiger partial charge in [-0.2, -0.15) is 18.2 Å². The summed E-state index contributed by atoms with van der Waals surface area (Å²) in [6, 6.07) is 11.1. The molecule has 9 heteroatoms. The molecule has 2 unspecified atom stereocenters. The largest absolute Gasteiger partial charge is 0.417 e. The molecule has 1 aromatic carbocycles. The lowest BCUT2D eigenvalue weighted by Gasteiger charge is -2.17. The van der Waals surface area contributed by atoms with E-state index in [9.17, 15) is 22.8 Å². The second kappa shape index (κ2) is 6.99. The summed E-state index contributed by atoms with van der Waals surface area (Å²) >= 11 is 1.27. The van der Waals surface area contributed by atoms with Gasteiger partial charge in [-0.3, -0.25) is 15.0 Å². The zero-order chi connectivity index (χ0) is 18.9. The molecule has 26 heavy (non-hydrogen) atoms. The number of aromatic nitrogens is 1. The maximum atomic E-state index is 12.6. The van der Waals surface area contributed by atoms with Crippen LogP contribution in [-0.2, 0) is 15.8 Å². The minimum atomic E-state index is -4.50. The average molecular weight is 381 g/mol. The molecule has 1 N–H and O–H groups in total. The second-order valence-corrected chi connectivity index (χ2v) is 6.91. The van der Waals surface area contributed by atoms with Gasteiger partial charge in [0.25, 0.3) is 11.8 Å². The van der Waals surface area contributed by atoms with Crippen molar-refractivity contribution >= 4 is 29.4 Å². The van der Waals surface area contributed by atoms with Gasteiger partial charge in [0, 0.05) is 11.1 Å². The molecule has 2 amide bonds. The van der Waals surface area contributed by atoms with Crippen molar-refractivity contribution < 1.29 is 22.8 Å². The number of thioether (sulfide) groups is 1. The number of imide groups is 1. The molecule has 136 valence electrons. The lowest BCUT2D eigenvalue weighted by Crippen LogP contribution is -2.37. The number of rotatable bonds is 4. The van der Waals surface area contributed by atoms with Crippen molar-refractivity contribution in [3.63, 3.8) is 0 Å². The summed E-state index contributed by atoms with van der Waals surface area (Å²) in [7, 11) is 0. The molecule has 2 atom stereocenters. The van der Waals surface area contributed by atoms with Crippen LogP contribution in [0.15, 0.2) is 53.6 Å². The lowest BCUT2D eigenvalue weighted by molar-refractivity contribution is -0.139. The van der Waals surface area contributed by atoms with E-state index in [1.54, 1.807) is 6.92 Å². The van der Waals surface area contributed by atoms with Gasteiger partial charge in [0.05, 0.1) is 11.5 Å². The van der Waals surface area contributed by atoms with Crippen molar-refractivity contribution in [3.05, 3.63) is 54.2 Å². The standard InChI is InChI=1S/C17H14F3N3O2S/c1-10-14(26-12-5-3-2-4-6-12)16(25)23(15(10)24)22-13-8-7-11(9-21-13)17(18,19)20/h2-10,14H,1H3,(H,21,22). The first kappa shape index (κ1) is 18.2. The highest BCUT2D eigenvalue weighted by molar-refractivity contribution is 8.00. The summed E-state index contributed by atoms with van der Waals surface area (Å²) < 4.78 is 37.7. The highest BCUT2D eigenvalue weighted by Crippen LogP contribution is 2.35. The van der Waals surface area contributed by atoms with Gasteiger partial charge in [-0.15, -0.1) is 11.8 Å². The van der Waals surface area contributed by atoms with Crippen LogP contribution in [0.3, 0.4) is 0 Å². The number of anilines is 1. The number of carbonyl (C=O) groups is 2. The summed E-state index contributed by atoms with van der Waals surface area (Å²) in [6.45, 7) is 1.64. The molecular formula is C17H14F3N3O2S. The number of alkyl halides is 3. The van der Waals surface area contributed by atoms with Crippen molar-refractivity contribution in [3.8, 4) is 0 Å². The molecule has 0 spiro atoms. The zero-order valence-corrected chi connectivity index (χ0v) is 14.3. The molecule has 3 rings (SSSR count). The first-order valence-electron chi connectivity index (χ1n) is 7.67. The molecule has 1 aliphatic rings. The third-order valence-electron chi connectivity index (χ3n) is 3.85. The molecular weight excluding hydrogens is 367 g/mol. The van der Waals surface area contributed by atoms with Gasteiger partial charge in [-0.1, -0.05) is 25.1 Å². The number of hydrogen-bond donors (Lipinski definition) is 1. The summed E-state index contributed by atoms with van der Waals surface area (Å²) in [5, 5.41) is 0.202. The highest BCUT2D eigenvalue weighted by Gasteiger charge is 2.46. The monoisotopic (exact) mass is 381 g/mol. The van der Waals surface area contributed by atoms with Crippen LogP contribution in [0.4, 0.5) is 19.0 Å². The fourth-order valence-electron chi connectivity index (χ4n) is 2.43. The van der Waals surface area contributed by atoms with Gasteiger partial charge in [0.1, 0.15) is 11.1 Å². The Labute approximate surface area is 151 Å². The molecule has 0 saturated carbocycles. The number of halogens is 3. The van der Waals surface area contributed by atoms with Crippen LogP contribution in [0, 0.1) is 5.92 Å². The predicted octanol–water partition coefficient (Wildman–Crippen LogP) is 3.59. The minimum Gasteiger partial charge on any atom is -0.272 e. The summed E-state index contributed by atoms with van der Waals surface area (Å²) in [5.74, 6) is -1.50. The molecule has 1 aromatic heterocycles. The number of hydrogen-bond acceptors (Lipinski definition) is 5. The molecule has 1 aliphatic heterocycles. The lowest BCUT2D eigenvalue weighted by atomic mass is 10.1. The number of benzene rings is 1. The van der Waals surface area contributed by atoms with Crippen LogP contribution in [0.25, 0.3) is 0 Å². The Morgan fingerprint density at radius 2 is 1.77 bits per heavy atom. The van der Waals surface area contributed by atoms with Gasteiger partial charge in [0.15, 0.2) is 0 Å². The fraction of sp³-hybridized carbons (Fsp3) is 0.235. The van der Waals surface area contributed by atoms with E-state index in [0.29, 0.717) is 6.20 Å². The molecule has 0 radical (unpaired) electrons. The van der Waals surface area contributed by atoms with Crippen LogP contribution in [-0.4, -0.2) is 27.1 Å². The molecule has 1 fully saturated rings. The van der Waals surface area contributed by atoms with E-state index in [4.69, 9.17) is 0 Å². The summed E-state index contributed by atoms with van der Waals surface area (Å²) in [5.41, 5.74) is 1.60. The Kier molecular flexibility index (Phi) is 4.90. The van der Waals surface area contributed by atoms with E-state index >= 15 is 0 Å². The quantitative estimate of drug-likeness (QED) is 0.820. The Balaban J connectivity index is 1.74. The maximum Gasteiger partial charge on any atom is 0.417 e. The van der Waals surface area contributed by atoms with Crippen LogP contribution >= 0.6 is 11.8 Å². The highest BCUT2D eigenvalue weighted by atomic mass is 32.2. The molecule has 2 heterocycles. The van der Waals surface area contributed by atoms with Gasteiger partial charge in [-0.25, -0.2) is 4.98 Å². The molecule has 0 bridgehead atoms. The van der Waals surface area contributed by atoms with Gasteiger partial charge in [-0.05, 0) is 24.3 Å². The normalized spacial score (nSPS) is 20.5. The Morgan fingerprint density at radius 1 is 1.08 bits per heavy atom. The minimum absolute atomic E-state index is 0.0164. The van der Waals surface area contributed by atoms with Crippen molar-refractivity contribution in [2.45, 2.75) is 23.2 Å². The van der Waals surface area contributed by atoms with Crippen LogP contribution in [0.1, 0.15) is 12.5 Å². The van der Waals surface area contributed by atoms with Crippen LogP contribution in [0.2, 0.25) is 0 Å².